The predicted molar refractivity (Wildman–Crippen MR) is 78.0 cm³/mol. The molecule has 2 aromatic rings. The summed E-state index contributed by atoms with van der Waals surface area (Å²) in [5.41, 5.74) is 6.31. The van der Waals surface area contributed by atoms with Gasteiger partial charge in [0.05, 0.1) is 5.69 Å². The van der Waals surface area contributed by atoms with Crippen LogP contribution in [0.15, 0.2) is 18.2 Å². The second-order valence-electron chi connectivity index (χ2n) is 4.47. The van der Waals surface area contributed by atoms with Crippen molar-refractivity contribution in [1.82, 2.24) is 5.32 Å². The second-order valence-corrected chi connectivity index (χ2v) is 5.52. The van der Waals surface area contributed by atoms with Crippen LogP contribution in [-0.4, -0.2) is 11.9 Å². The Hall–Kier alpha value is -1.62. The molecule has 0 radical (unpaired) electrons. The summed E-state index contributed by atoms with van der Waals surface area (Å²) in [6.07, 6.45) is 1.75. The first-order valence-corrected chi connectivity index (χ1v) is 7.16. The maximum Gasteiger partial charge on any atom is 0.263 e. The summed E-state index contributed by atoms with van der Waals surface area (Å²) in [7, 11) is 0. The summed E-state index contributed by atoms with van der Waals surface area (Å²) >= 11 is 1.30. The van der Waals surface area contributed by atoms with Crippen LogP contribution in [0.2, 0.25) is 0 Å². The molecule has 1 aromatic heterocycles. The minimum absolute atomic E-state index is 0.147. The molecule has 1 amide bonds. The summed E-state index contributed by atoms with van der Waals surface area (Å²) in [5, 5.41) is 3.56. The Kier molecular flexibility index (Phi) is 4.04. The first-order valence-electron chi connectivity index (χ1n) is 6.35. The minimum Gasteiger partial charge on any atom is -0.397 e. The number of nitrogens with two attached hydrogens (primary N) is 1. The normalized spacial score (nSPS) is 11.2. The Bertz CT molecular complexity index is 605. The summed E-state index contributed by atoms with van der Waals surface area (Å²) in [6, 6.07) is 4.55. The van der Waals surface area contributed by atoms with Gasteiger partial charge in [0, 0.05) is 16.1 Å². The van der Waals surface area contributed by atoms with Crippen LogP contribution in [0.1, 0.15) is 36.4 Å². The number of nitrogens with one attached hydrogen (secondary N) is 1. The van der Waals surface area contributed by atoms with Crippen LogP contribution < -0.4 is 11.1 Å². The number of anilines is 1. The van der Waals surface area contributed by atoms with Gasteiger partial charge in [0.1, 0.15) is 10.7 Å². The van der Waals surface area contributed by atoms with E-state index in [0.29, 0.717) is 16.0 Å². The third-order valence-electron chi connectivity index (χ3n) is 3.22. The summed E-state index contributed by atoms with van der Waals surface area (Å²) in [5.74, 6) is -0.517. The Labute approximate surface area is 115 Å². The molecule has 0 unspecified atom stereocenters. The van der Waals surface area contributed by atoms with Crippen LogP contribution in [0.5, 0.6) is 0 Å². The smallest absolute Gasteiger partial charge is 0.263 e. The van der Waals surface area contributed by atoms with Crippen LogP contribution >= 0.6 is 11.3 Å². The monoisotopic (exact) mass is 280 g/mol. The van der Waals surface area contributed by atoms with E-state index in [1.165, 1.54) is 23.5 Å². The van der Waals surface area contributed by atoms with Crippen LogP contribution in [0.4, 0.5) is 10.1 Å². The number of carbonyl (C=O) groups excluding carboxylic acids is 1. The van der Waals surface area contributed by atoms with E-state index in [2.05, 4.69) is 5.32 Å². The van der Waals surface area contributed by atoms with E-state index in [-0.39, 0.29) is 17.8 Å². The highest BCUT2D eigenvalue weighted by Gasteiger charge is 2.18. The van der Waals surface area contributed by atoms with Crippen molar-refractivity contribution in [2.24, 2.45) is 0 Å². The van der Waals surface area contributed by atoms with Gasteiger partial charge in [-0.3, -0.25) is 4.79 Å². The molecule has 0 aliphatic heterocycles. The largest absolute Gasteiger partial charge is 0.397 e. The zero-order valence-electron chi connectivity index (χ0n) is 11.0. The molecule has 19 heavy (non-hydrogen) atoms. The fourth-order valence-corrected chi connectivity index (χ4v) is 3.01. The number of hydrogen-bond donors (Lipinski definition) is 2. The van der Waals surface area contributed by atoms with Gasteiger partial charge in [-0.25, -0.2) is 4.39 Å². The maximum atomic E-state index is 13.2. The van der Waals surface area contributed by atoms with E-state index < -0.39 is 0 Å². The Balaban J connectivity index is 2.35. The van der Waals surface area contributed by atoms with Crippen molar-refractivity contribution in [1.29, 1.82) is 0 Å². The van der Waals surface area contributed by atoms with Crippen molar-refractivity contribution in [3.05, 3.63) is 28.9 Å². The molecule has 0 atom stereocenters. The van der Waals surface area contributed by atoms with Gasteiger partial charge in [0.2, 0.25) is 0 Å². The molecule has 0 fully saturated rings. The number of thiophene rings is 1. The van der Waals surface area contributed by atoms with Gasteiger partial charge >= 0.3 is 0 Å². The van der Waals surface area contributed by atoms with E-state index in [0.717, 1.165) is 17.5 Å². The molecule has 3 nitrogen and oxygen atoms in total. The lowest BCUT2D eigenvalue weighted by atomic mass is 10.1. The van der Waals surface area contributed by atoms with E-state index in [1.54, 1.807) is 6.07 Å². The molecule has 102 valence electrons. The van der Waals surface area contributed by atoms with Gasteiger partial charge in [0.15, 0.2) is 0 Å². The molecule has 1 aromatic carbocycles. The highest BCUT2D eigenvalue weighted by molar-refractivity contribution is 7.21. The molecule has 0 aliphatic rings. The molecule has 0 bridgehead atoms. The van der Waals surface area contributed by atoms with Crippen LogP contribution in [-0.2, 0) is 0 Å². The fourth-order valence-electron chi connectivity index (χ4n) is 2.00. The molecule has 3 N–H and O–H groups in total. The SMILES string of the molecule is CCC(CC)NC(=O)c1sc2ccc(F)cc2c1N. The quantitative estimate of drug-likeness (QED) is 0.900. The number of rotatable bonds is 4. The molecule has 0 saturated carbocycles. The zero-order valence-corrected chi connectivity index (χ0v) is 11.8. The average Bonchev–Trinajstić information content (AvgIpc) is 2.73. The summed E-state index contributed by atoms with van der Waals surface area (Å²) in [6.45, 7) is 4.05. The lowest BCUT2D eigenvalue weighted by Crippen LogP contribution is -2.33. The highest BCUT2D eigenvalue weighted by Crippen LogP contribution is 2.34. The van der Waals surface area contributed by atoms with Gasteiger partial charge in [-0.15, -0.1) is 11.3 Å². The van der Waals surface area contributed by atoms with Crippen molar-refractivity contribution in [2.45, 2.75) is 32.7 Å². The molecule has 1 heterocycles. The van der Waals surface area contributed by atoms with E-state index in [1.807, 2.05) is 13.8 Å². The van der Waals surface area contributed by atoms with E-state index >= 15 is 0 Å². The first-order chi connectivity index (χ1) is 9.06. The van der Waals surface area contributed by atoms with Gasteiger partial charge in [0.25, 0.3) is 5.91 Å². The summed E-state index contributed by atoms with van der Waals surface area (Å²) < 4.78 is 14.0. The van der Waals surface area contributed by atoms with Crippen molar-refractivity contribution in [2.75, 3.05) is 5.73 Å². The van der Waals surface area contributed by atoms with Crippen LogP contribution in [0.25, 0.3) is 10.1 Å². The van der Waals surface area contributed by atoms with Crippen LogP contribution in [0, 0.1) is 5.82 Å². The number of benzene rings is 1. The third kappa shape index (κ3) is 2.71. The van der Waals surface area contributed by atoms with Crippen molar-refractivity contribution in [3.63, 3.8) is 0 Å². The maximum absolute atomic E-state index is 13.2. The van der Waals surface area contributed by atoms with Gasteiger partial charge in [-0.1, -0.05) is 13.8 Å². The van der Waals surface area contributed by atoms with Crippen molar-refractivity contribution in [3.8, 4) is 0 Å². The number of amides is 1. The first kappa shape index (κ1) is 13.8. The minimum atomic E-state index is -0.344. The Morgan fingerprint density at radius 2 is 2.11 bits per heavy atom. The third-order valence-corrected chi connectivity index (χ3v) is 4.40. The topological polar surface area (TPSA) is 55.1 Å². The zero-order chi connectivity index (χ0) is 14.0. The molecular weight excluding hydrogens is 263 g/mol. The number of carbonyl (C=O) groups is 1. The van der Waals surface area contributed by atoms with Gasteiger partial charge in [-0.05, 0) is 31.0 Å². The lowest BCUT2D eigenvalue weighted by Gasteiger charge is -2.14. The molecular formula is C14H17FN2OS. The fraction of sp³-hybridized carbons (Fsp3) is 0.357. The predicted octanol–water partition coefficient (Wildman–Crippen LogP) is 3.54. The van der Waals surface area contributed by atoms with E-state index in [4.69, 9.17) is 5.73 Å². The molecule has 5 heteroatoms. The Morgan fingerprint density at radius 3 is 2.74 bits per heavy atom. The lowest BCUT2D eigenvalue weighted by molar-refractivity contribution is 0.0940. The van der Waals surface area contributed by atoms with Gasteiger partial charge in [-0.2, -0.15) is 0 Å². The standard InChI is InChI=1S/C14H17FN2OS/c1-3-9(4-2)17-14(18)13-12(16)10-7-8(15)5-6-11(10)19-13/h5-7,9H,3-4,16H2,1-2H3,(H,17,18). The number of fused-ring (bicyclic) bond motifs is 1. The van der Waals surface area contributed by atoms with Crippen LogP contribution in [0.3, 0.4) is 0 Å². The van der Waals surface area contributed by atoms with E-state index in [9.17, 15) is 9.18 Å². The van der Waals surface area contributed by atoms with Crippen molar-refractivity contribution >= 4 is 33.0 Å². The molecule has 2 rings (SSSR count). The molecule has 0 aliphatic carbocycles. The number of halogens is 1. The molecule has 0 saturated heterocycles. The van der Waals surface area contributed by atoms with Gasteiger partial charge < -0.3 is 11.1 Å². The second kappa shape index (κ2) is 5.57. The number of nitrogen functional groups attached to an aromatic ring is 1. The molecule has 0 spiro atoms. The summed E-state index contributed by atoms with van der Waals surface area (Å²) in [4.78, 5) is 12.6. The van der Waals surface area contributed by atoms with Crippen molar-refractivity contribution < 1.29 is 9.18 Å². The highest BCUT2D eigenvalue weighted by atomic mass is 32.1. The number of hydrogen-bond acceptors (Lipinski definition) is 3. The average molecular weight is 280 g/mol. The Morgan fingerprint density at radius 1 is 1.42 bits per heavy atom.